The van der Waals surface area contributed by atoms with Crippen molar-refractivity contribution in [3.8, 4) is 17.1 Å². The van der Waals surface area contributed by atoms with Gasteiger partial charge >= 0.3 is 0 Å². The zero-order valence-corrected chi connectivity index (χ0v) is 13.5. The van der Waals surface area contributed by atoms with Crippen LogP contribution in [0.2, 0.25) is 0 Å². The van der Waals surface area contributed by atoms with Gasteiger partial charge in [0.1, 0.15) is 6.10 Å². The number of piperidine rings is 3. The fourth-order valence-corrected chi connectivity index (χ4v) is 3.94. The molecule has 3 aliphatic heterocycles. The first-order chi connectivity index (χ1) is 11.8. The van der Waals surface area contributed by atoms with Crippen LogP contribution < -0.4 is 4.74 Å². The van der Waals surface area contributed by atoms with Crippen molar-refractivity contribution in [2.75, 3.05) is 19.6 Å². The first-order valence-electron chi connectivity index (χ1n) is 8.64. The molecule has 0 saturated carbocycles. The molecule has 3 saturated heterocycles. The summed E-state index contributed by atoms with van der Waals surface area (Å²) < 4.78 is 6.12. The van der Waals surface area contributed by atoms with E-state index in [0.717, 1.165) is 23.3 Å². The Morgan fingerprint density at radius 2 is 2.00 bits per heavy atom. The number of aromatic nitrogens is 3. The van der Waals surface area contributed by atoms with Gasteiger partial charge < -0.3 is 9.72 Å². The maximum absolute atomic E-state index is 6.12. The normalized spacial score (nSPS) is 25.9. The van der Waals surface area contributed by atoms with Crippen LogP contribution in [0.15, 0.2) is 42.9 Å². The second kappa shape index (κ2) is 5.60. The zero-order valence-electron chi connectivity index (χ0n) is 13.5. The number of aromatic amines is 1. The van der Waals surface area contributed by atoms with Crippen LogP contribution in [0.1, 0.15) is 12.8 Å². The predicted octanol–water partition coefficient (Wildman–Crippen LogP) is 3.10. The summed E-state index contributed by atoms with van der Waals surface area (Å²) in [4.78, 5) is 14.7. The molecule has 122 valence electrons. The Labute approximate surface area is 140 Å². The Morgan fingerprint density at radius 1 is 1.08 bits per heavy atom. The summed E-state index contributed by atoms with van der Waals surface area (Å²) in [6.07, 6.45) is 8.27. The summed E-state index contributed by atoms with van der Waals surface area (Å²) in [5.74, 6) is 1.31. The Kier molecular flexibility index (Phi) is 3.26. The van der Waals surface area contributed by atoms with Crippen LogP contribution in [-0.4, -0.2) is 45.6 Å². The molecule has 6 rings (SSSR count). The molecular weight excluding hydrogens is 300 g/mol. The minimum absolute atomic E-state index is 0.267. The standard InChI is InChI=1S/C19H20N4O/c1-2-16-15(3-6-20-16)9-14(1)17-10-22-19(11-21-17)24-18-12-23-7-4-13(18)5-8-23/h1-3,6,9-11,13,18,20H,4-5,7-8,12H2/t18-/m0/s1. The first kappa shape index (κ1) is 14.0. The number of ether oxygens (including phenoxy) is 1. The molecule has 1 atom stereocenters. The van der Waals surface area contributed by atoms with E-state index < -0.39 is 0 Å². The van der Waals surface area contributed by atoms with E-state index in [2.05, 4.69) is 44.1 Å². The van der Waals surface area contributed by atoms with E-state index in [1.807, 2.05) is 12.4 Å². The van der Waals surface area contributed by atoms with Crippen molar-refractivity contribution in [2.24, 2.45) is 5.92 Å². The van der Waals surface area contributed by atoms with Crippen molar-refractivity contribution in [1.29, 1.82) is 0 Å². The lowest BCUT2D eigenvalue weighted by Crippen LogP contribution is -2.52. The third kappa shape index (κ3) is 2.45. The second-order valence-corrected chi connectivity index (χ2v) is 6.81. The number of fused-ring (bicyclic) bond motifs is 4. The minimum atomic E-state index is 0.267. The molecule has 0 radical (unpaired) electrons. The number of H-pyrrole nitrogens is 1. The molecule has 0 unspecified atom stereocenters. The van der Waals surface area contributed by atoms with Gasteiger partial charge in [0, 0.05) is 29.2 Å². The van der Waals surface area contributed by atoms with Gasteiger partial charge in [-0.2, -0.15) is 0 Å². The highest BCUT2D eigenvalue weighted by Crippen LogP contribution is 2.30. The molecule has 5 heteroatoms. The van der Waals surface area contributed by atoms with E-state index in [0.29, 0.717) is 11.8 Å². The van der Waals surface area contributed by atoms with Crippen LogP contribution in [0.4, 0.5) is 0 Å². The molecule has 0 spiro atoms. The number of benzene rings is 1. The highest BCUT2D eigenvalue weighted by atomic mass is 16.5. The SMILES string of the molecule is c1cc2cc(-c3cnc(O[C@H]4CN5CCC4CC5)cn3)ccc2[nH]1. The highest BCUT2D eigenvalue weighted by Gasteiger charge is 2.35. The van der Waals surface area contributed by atoms with E-state index >= 15 is 0 Å². The third-order valence-corrected chi connectivity index (χ3v) is 5.35. The predicted molar refractivity (Wildman–Crippen MR) is 92.9 cm³/mol. The molecule has 2 bridgehead atoms. The van der Waals surface area contributed by atoms with Crippen molar-refractivity contribution in [1.82, 2.24) is 19.9 Å². The molecule has 1 aromatic carbocycles. The zero-order chi connectivity index (χ0) is 15.9. The summed E-state index contributed by atoms with van der Waals surface area (Å²) >= 11 is 0. The monoisotopic (exact) mass is 320 g/mol. The lowest BCUT2D eigenvalue weighted by molar-refractivity contribution is -0.0101. The number of hydrogen-bond acceptors (Lipinski definition) is 4. The topological polar surface area (TPSA) is 54.0 Å². The highest BCUT2D eigenvalue weighted by molar-refractivity contribution is 5.84. The van der Waals surface area contributed by atoms with E-state index in [9.17, 15) is 0 Å². The smallest absolute Gasteiger partial charge is 0.232 e. The first-order valence-corrected chi connectivity index (χ1v) is 8.64. The molecule has 5 heterocycles. The maximum atomic E-state index is 6.12. The molecule has 0 aliphatic carbocycles. The number of rotatable bonds is 3. The maximum Gasteiger partial charge on any atom is 0.232 e. The second-order valence-electron chi connectivity index (χ2n) is 6.81. The fourth-order valence-electron chi connectivity index (χ4n) is 3.94. The Morgan fingerprint density at radius 3 is 2.75 bits per heavy atom. The number of hydrogen-bond donors (Lipinski definition) is 1. The van der Waals surface area contributed by atoms with Crippen molar-refractivity contribution in [3.63, 3.8) is 0 Å². The molecule has 1 N–H and O–H groups in total. The quantitative estimate of drug-likeness (QED) is 0.806. The molecule has 24 heavy (non-hydrogen) atoms. The Bertz CT molecular complexity index is 849. The van der Waals surface area contributed by atoms with Crippen LogP contribution in [0, 0.1) is 5.92 Å². The summed E-state index contributed by atoms with van der Waals surface area (Å²) in [6.45, 7) is 3.46. The van der Waals surface area contributed by atoms with E-state index in [1.165, 1.54) is 31.3 Å². The van der Waals surface area contributed by atoms with Crippen LogP contribution in [0.3, 0.4) is 0 Å². The number of nitrogens with zero attached hydrogens (tertiary/aromatic N) is 3. The summed E-state index contributed by atoms with van der Waals surface area (Å²) in [6, 6.07) is 8.33. The lowest BCUT2D eigenvalue weighted by Gasteiger charge is -2.44. The van der Waals surface area contributed by atoms with E-state index in [4.69, 9.17) is 4.74 Å². The van der Waals surface area contributed by atoms with Crippen LogP contribution in [-0.2, 0) is 0 Å². The largest absolute Gasteiger partial charge is 0.472 e. The lowest BCUT2D eigenvalue weighted by atomic mass is 9.86. The van der Waals surface area contributed by atoms with Crippen molar-refractivity contribution >= 4 is 10.9 Å². The van der Waals surface area contributed by atoms with Gasteiger partial charge in [-0.25, -0.2) is 9.97 Å². The molecule has 0 amide bonds. The summed E-state index contributed by atoms with van der Waals surface area (Å²) in [7, 11) is 0. The van der Waals surface area contributed by atoms with Gasteiger partial charge in [0.15, 0.2) is 0 Å². The van der Waals surface area contributed by atoms with Crippen molar-refractivity contribution < 1.29 is 4.74 Å². The third-order valence-electron chi connectivity index (χ3n) is 5.35. The molecule has 3 aliphatic rings. The average Bonchev–Trinajstić information content (AvgIpc) is 3.11. The van der Waals surface area contributed by atoms with Gasteiger partial charge in [-0.05, 0) is 50.0 Å². The molecular formula is C19H20N4O. The number of nitrogens with one attached hydrogen (secondary N) is 1. The van der Waals surface area contributed by atoms with E-state index in [1.54, 1.807) is 6.20 Å². The van der Waals surface area contributed by atoms with Crippen LogP contribution >= 0.6 is 0 Å². The fraction of sp³-hybridized carbons (Fsp3) is 0.368. The van der Waals surface area contributed by atoms with E-state index in [-0.39, 0.29) is 6.10 Å². The Balaban J connectivity index is 1.35. The molecule has 3 fully saturated rings. The minimum Gasteiger partial charge on any atom is -0.472 e. The Hall–Kier alpha value is -2.40. The summed E-state index contributed by atoms with van der Waals surface area (Å²) in [5, 5.41) is 1.18. The molecule has 2 aromatic heterocycles. The van der Waals surface area contributed by atoms with Gasteiger partial charge in [0.25, 0.3) is 0 Å². The summed E-state index contributed by atoms with van der Waals surface area (Å²) in [5.41, 5.74) is 3.08. The van der Waals surface area contributed by atoms with Crippen molar-refractivity contribution in [3.05, 3.63) is 42.9 Å². The van der Waals surface area contributed by atoms with Crippen molar-refractivity contribution in [2.45, 2.75) is 18.9 Å². The van der Waals surface area contributed by atoms with Gasteiger partial charge in [-0.3, -0.25) is 4.90 Å². The van der Waals surface area contributed by atoms with Gasteiger partial charge in [-0.15, -0.1) is 0 Å². The van der Waals surface area contributed by atoms with Crippen LogP contribution in [0.25, 0.3) is 22.2 Å². The van der Waals surface area contributed by atoms with Gasteiger partial charge in [0.05, 0.1) is 18.1 Å². The average molecular weight is 320 g/mol. The van der Waals surface area contributed by atoms with Gasteiger partial charge in [0.2, 0.25) is 5.88 Å². The molecule has 5 nitrogen and oxygen atoms in total. The van der Waals surface area contributed by atoms with Crippen LogP contribution in [0.5, 0.6) is 5.88 Å². The molecule has 3 aromatic rings. The van der Waals surface area contributed by atoms with Gasteiger partial charge in [-0.1, -0.05) is 6.07 Å².